The van der Waals surface area contributed by atoms with Crippen molar-refractivity contribution in [2.75, 3.05) is 13.7 Å². The van der Waals surface area contributed by atoms with E-state index in [9.17, 15) is 4.79 Å². The zero-order valence-corrected chi connectivity index (χ0v) is 12.4. The van der Waals surface area contributed by atoms with Gasteiger partial charge in [-0.2, -0.15) is 0 Å². The summed E-state index contributed by atoms with van der Waals surface area (Å²) < 4.78 is 0. The minimum absolute atomic E-state index is 0.125. The summed E-state index contributed by atoms with van der Waals surface area (Å²) in [4.78, 5) is 15.1. The van der Waals surface area contributed by atoms with Crippen molar-refractivity contribution in [3.05, 3.63) is 21.9 Å². The van der Waals surface area contributed by atoms with Gasteiger partial charge in [0.1, 0.15) is 6.61 Å². The first-order valence-electron chi connectivity index (χ1n) is 6.36. The molecule has 0 aromatic carbocycles. The first-order valence-corrected chi connectivity index (χ1v) is 7.24. The summed E-state index contributed by atoms with van der Waals surface area (Å²) in [5, 5.41) is 10.6. The minimum Gasteiger partial charge on any atom is -0.384 e. The molecule has 102 valence electrons. The van der Waals surface area contributed by atoms with Crippen LogP contribution in [0.3, 0.4) is 0 Å². The van der Waals surface area contributed by atoms with Crippen molar-refractivity contribution in [1.82, 2.24) is 4.90 Å². The normalized spacial score (nSPS) is 19.5. The Balaban J connectivity index is 1.94. The van der Waals surface area contributed by atoms with E-state index in [4.69, 9.17) is 5.11 Å². The number of hydrogen-bond donors (Lipinski definition) is 1. The lowest BCUT2D eigenvalue weighted by Gasteiger charge is -2.17. The first-order chi connectivity index (χ1) is 8.94. The predicted octanol–water partition coefficient (Wildman–Crippen LogP) is 2.10. The van der Waals surface area contributed by atoms with Gasteiger partial charge in [-0.05, 0) is 17.9 Å². The van der Waals surface area contributed by atoms with Gasteiger partial charge in [0.2, 0.25) is 5.91 Å². The van der Waals surface area contributed by atoms with Crippen molar-refractivity contribution in [2.45, 2.75) is 26.8 Å². The Kier molecular flexibility index (Phi) is 3.98. The summed E-state index contributed by atoms with van der Waals surface area (Å²) in [6, 6.07) is 1.98. The van der Waals surface area contributed by atoms with Crippen LogP contribution in [0.25, 0.3) is 0 Å². The Bertz CT molecular complexity index is 536. The average molecular weight is 277 g/mol. The third-order valence-corrected chi connectivity index (χ3v) is 4.47. The molecule has 0 radical (unpaired) electrons. The summed E-state index contributed by atoms with van der Waals surface area (Å²) >= 11 is 1.60. The average Bonchev–Trinajstić information content (AvgIpc) is 2.79. The van der Waals surface area contributed by atoms with Gasteiger partial charge >= 0.3 is 0 Å². The van der Waals surface area contributed by atoms with Crippen molar-refractivity contribution in [2.24, 2.45) is 11.3 Å². The summed E-state index contributed by atoms with van der Waals surface area (Å²) in [7, 11) is 1.86. The smallest absolute Gasteiger partial charge is 0.226 e. The zero-order chi connectivity index (χ0) is 14.0. The highest BCUT2D eigenvalue weighted by Gasteiger charge is 2.51. The van der Waals surface area contributed by atoms with Gasteiger partial charge in [-0.25, -0.2) is 0 Å². The fourth-order valence-electron chi connectivity index (χ4n) is 2.14. The Morgan fingerprint density at radius 3 is 2.89 bits per heavy atom. The van der Waals surface area contributed by atoms with Crippen LogP contribution in [0.2, 0.25) is 0 Å². The molecule has 1 heterocycles. The summed E-state index contributed by atoms with van der Waals surface area (Å²) in [5.41, 5.74) is 1.08. The van der Waals surface area contributed by atoms with Crippen molar-refractivity contribution in [3.8, 4) is 11.8 Å². The molecule has 1 aromatic rings. The molecule has 1 unspecified atom stereocenters. The van der Waals surface area contributed by atoms with Crippen LogP contribution in [0, 0.1) is 23.2 Å². The Labute approximate surface area is 118 Å². The van der Waals surface area contributed by atoms with Gasteiger partial charge < -0.3 is 10.0 Å². The Hall–Kier alpha value is -1.31. The maximum absolute atomic E-state index is 12.2. The lowest BCUT2D eigenvalue weighted by molar-refractivity contribution is -0.132. The molecule has 1 aromatic heterocycles. The van der Waals surface area contributed by atoms with Crippen LogP contribution in [-0.2, 0) is 11.3 Å². The van der Waals surface area contributed by atoms with Crippen molar-refractivity contribution >= 4 is 17.2 Å². The van der Waals surface area contributed by atoms with E-state index in [-0.39, 0.29) is 23.8 Å². The van der Waals surface area contributed by atoms with E-state index in [0.29, 0.717) is 6.54 Å². The second-order valence-corrected chi connectivity index (χ2v) is 6.70. The first kappa shape index (κ1) is 14.1. The van der Waals surface area contributed by atoms with Crippen molar-refractivity contribution < 1.29 is 9.90 Å². The maximum atomic E-state index is 12.2. The molecular formula is C15H19NO2S. The molecule has 1 aliphatic rings. The quantitative estimate of drug-likeness (QED) is 0.860. The molecule has 19 heavy (non-hydrogen) atoms. The predicted molar refractivity (Wildman–Crippen MR) is 76.6 cm³/mol. The third-order valence-electron chi connectivity index (χ3n) is 3.55. The number of hydrogen-bond acceptors (Lipinski definition) is 3. The molecule has 1 N–H and O–H groups in total. The fourth-order valence-corrected chi connectivity index (χ4v) is 3.01. The SMILES string of the molecule is CN(Cc1cc(C#CCO)cs1)C(=O)C1CC1(C)C. The molecule has 1 saturated carbocycles. The number of carbonyl (C=O) groups is 1. The highest BCUT2D eigenvalue weighted by Crippen LogP contribution is 2.52. The van der Waals surface area contributed by atoms with E-state index < -0.39 is 0 Å². The van der Waals surface area contributed by atoms with Gasteiger partial charge in [-0.3, -0.25) is 4.79 Å². The molecule has 3 nitrogen and oxygen atoms in total. The largest absolute Gasteiger partial charge is 0.384 e. The van der Waals surface area contributed by atoms with E-state index in [1.807, 2.05) is 18.5 Å². The Morgan fingerprint density at radius 1 is 1.63 bits per heavy atom. The number of thiophene rings is 1. The van der Waals surface area contributed by atoms with Gasteiger partial charge in [0, 0.05) is 28.8 Å². The number of amides is 1. The van der Waals surface area contributed by atoms with Crippen LogP contribution in [0.15, 0.2) is 11.4 Å². The minimum atomic E-state index is -0.125. The second-order valence-electron chi connectivity index (χ2n) is 5.70. The van der Waals surface area contributed by atoms with Gasteiger partial charge in [-0.15, -0.1) is 11.3 Å². The van der Waals surface area contributed by atoms with E-state index in [2.05, 4.69) is 25.7 Å². The monoisotopic (exact) mass is 277 g/mol. The summed E-state index contributed by atoms with van der Waals surface area (Å²) in [5.74, 6) is 5.92. The highest BCUT2D eigenvalue weighted by atomic mass is 32.1. The summed E-state index contributed by atoms with van der Waals surface area (Å²) in [6.07, 6.45) is 0.994. The van der Waals surface area contributed by atoms with Crippen LogP contribution >= 0.6 is 11.3 Å². The lowest BCUT2D eigenvalue weighted by atomic mass is 10.1. The number of nitrogens with zero attached hydrogens (tertiary/aromatic N) is 1. The Morgan fingerprint density at radius 2 is 2.32 bits per heavy atom. The molecular weight excluding hydrogens is 258 g/mol. The van der Waals surface area contributed by atoms with Crippen molar-refractivity contribution in [3.63, 3.8) is 0 Å². The topological polar surface area (TPSA) is 40.5 Å². The molecule has 1 atom stereocenters. The molecule has 1 fully saturated rings. The summed E-state index contributed by atoms with van der Waals surface area (Å²) in [6.45, 7) is 4.78. The third kappa shape index (κ3) is 3.37. The van der Waals surface area contributed by atoms with Gasteiger partial charge in [0.25, 0.3) is 0 Å². The standard InChI is InChI=1S/C15H19NO2S/c1-15(2)8-13(15)14(18)16(3)9-12-7-11(10-19-12)5-4-6-17/h7,10,13,17H,6,8-9H2,1-3H3. The molecule has 0 aliphatic heterocycles. The molecule has 1 amide bonds. The van der Waals surface area contributed by atoms with Crippen molar-refractivity contribution in [1.29, 1.82) is 0 Å². The molecule has 2 rings (SSSR count). The van der Waals surface area contributed by atoms with E-state index in [1.165, 1.54) is 0 Å². The van der Waals surface area contributed by atoms with Crippen LogP contribution < -0.4 is 0 Å². The molecule has 0 saturated heterocycles. The van der Waals surface area contributed by atoms with Crippen LogP contribution in [0.5, 0.6) is 0 Å². The fraction of sp³-hybridized carbons (Fsp3) is 0.533. The van der Waals surface area contributed by atoms with Crippen LogP contribution in [-0.4, -0.2) is 29.6 Å². The molecule has 1 aliphatic carbocycles. The van der Waals surface area contributed by atoms with Gasteiger partial charge in [-0.1, -0.05) is 25.7 Å². The number of carbonyl (C=O) groups excluding carboxylic acids is 1. The van der Waals surface area contributed by atoms with E-state index in [1.54, 1.807) is 16.2 Å². The molecule has 0 spiro atoms. The van der Waals surface area contributed by atoms with Crippen LogP contribution in [0.1, 0.15) is 30.7 Å². The van der Waals surface area contributed by atoms with E-state index >= 15 is 0 Å². The van der Waals surface area contributed by atoms with Gasteiger partial charge in [0.05, 0.1) is 6.54 Å². The number of rotatable bonds is 3. The molecule has 4 heteroatoms. The second kappa shape index (κ2) is 5.36. The van der Waals surface area contributed by atoms with E-state index in [0.717, 1.165) is 16.9 Å². The number of aliphatic hydroxyl groups excluding tert-OH is 1. The number of aliphatic hydroxyl groups is 1. The lowest BCUT2D eigenvalue weighted by Crippen LogP contribution is -2.28. The highest BCUT2D eigenvalue weighted by molar-refractivity contribution is 7.10. The van der Waals surface area contributed by atoms with Crippen LogP contribution in [0.4, 0.5) is 0 Å². The molecule has 0 bridgehead atoms. The zero-order valence-electron chi connectivity index (χ0n) is 11.6. The van der Waals surface area contributed by atoms with Gasteiger partial charge in [0.15, 0.2) is 0 Å². The maximum Gasteiger partial charge on any atom is 0.226 e.